The van der Waals surface area contributed by atoms with Crippen LogP contribution in [0.4, 0.5) is 11.4 Å². The van der Waals surface area contributed by atoms with E-state index in [-0.39, 0.29) is 11.3 Å². The molecule has 1 N–H and O–H groups in total. The van der Waals surface area contributed by atoms with E-state index < -0.39 is 10.8 Å². The van der Waals surface area contributed by atoms with Crippen molar-refractivity contribution < 1.29 is 9.72 Å². The van der Waals surface area contributed by atoms with Crippen LogP contribution in [0.25, 0.3) is 0 Å². The second kappa shape index (κ2) is 6.01. The third kappa shape index (κ3) is 3.25. The van der Waals surface area contributed by atoms with Gasteiger partial charge in [-0.2, -0.15) is 0 Å². The SMILES string of the molecule is Cc1cccc(C(=O)Nc2ccc(Br)nc2C)c1[N+](=O)[O-]. The number of nitro benzene ring substituents is 1. The molecule has 6 nitrogen and oxygen atoms in total. The molecule has 0 bridgehead atoms. The van der Waals surface area contributed by atoms with Crippen LogP contribution in [0.15, 0.2) is 34.9 Å². The normalized spacial score (nSPS) is 10.2. The Labute approximate surface area is 129 Å². The monoisotopic (exact) mass is 349 g/mol. The van der Waals surface area contributed by atoms with Crippen molar-refractivity contribution in [1.29, 1.82) is 0 Å². The number of para-hydroxylation sites is 1. The van der Waals surface area contributed by atoms with Crippen LogP contribution in [0.5, 0.6) is 0 Å². The number of aryl methyl sites for hydroxylation is 2. The molecule has 0 saturated heterocycles. The Morgan fingerprint density at radius 3 is 2.62 bits per heavy atom. The minimum Gasteiger partial charge on any atom is -0.320 e. The third-order valence-corrected chi connectivity index (χ3v) is 3.41. The summed E-state index contributed by atoms with van der Waals surface area (Å²) in [6, 6.07) is 8.02. The number of rotatable bonds is 3. The summed E-state index contributed by atoms with van der Waals surface area (Å²) in [5.74, 6) is -0.530. The summed E-state index contributed by atoms with van der Waals surface area (Å²) in [6.07, 6.45) is 0. The minimum absolute atomic E-state index is 0.0299. The number of nitrogens with one attached hydrogen (secondary N) is 1. The van der Waals surface area contributed by atoms with E-state index in [1.54, 1.807) is 38.1 Å². The molecule has 0 aliphatic rings. The van der Waals surface area contributed by atoms with Crippen molar-refractivity contribution in [2.75, 3.05) is 5.32 Å². The van der Waals surface area contributed by atoms with Gasteiger partial charge in [0.15, 0.2) is 0 Å². The molecule has 7 heteroatoms. The van der Waals surface area contributed by atoms with Crippen molar-refractivity contribution >= 4 is 33.2 Å². The lowest BCUT2D eigenvalue weighted by Crippen LogP contribution is -2.15. The van der Waals surface area contributed by atoms with Crippen molar-refractivity contribution in [2.24, 2.45) is 0 Å². The molecule has 0 radical (unpaired) electrons. The summed E-state index contributed by atoms with van der Waals surface area (Å²) in [4.78, 5) is 27.0. The van der Waals surface area contributed by atoms with Gasteiger partial charge in [0.05, 0.1) is 16.3 Å². The van der Waals surface area contributed by atoms with Gasteiger partial charge < -0.3 is 5.32 Å². The summed E-state index contributed by atoms with van der Waals surface area (Å²) >= 11 is 3.23. The summed E-state index contributed by atoms with van der Waals surface area (Å²) in [7, 11) is 0. The van der Waals surface area contributed by atoms with Gasteiger partial charge in [-0.1, -0.05) is 12.1 Å². The van der Waals surface area contributed by atoms with E-state index in [9.17, 15) is 14.9 Å². The number of anilines is 1. The zero-order valence-corrected chi connectivity index (χ0v) is 13.0. The molecule has 0 aliphatic carbocycles. The largest absolute Gasteiger partial charge is 0.320 e. The van der Waals surface area contributed by atoms with E-state index in [0.717, 1.165) is 0 Å². The quantitative estimate of drug-likeness (QED) is 0.520. The van der Waals surface area contributed by atoms with Crippen molar-refractivity contribution in [3.8, 4) is 0 Å². The number of carbonyl (C=O) groups is 1. The number of amides is 1. The molecule has 1 aromatic heterocycles. The van der Waals surface area contributed by atoms with Gasteiger partial charge in [0.2, 0.25) is 0 Å². The van der Waals surface area contributed by atoms with E-state index in [1.165, 1.54) is 6.07 Å². The maximum atomic E-state index is 12.3. The molecule has 2 aromatic rings. The van der Waals surface area contributed by atoms with Crippen molar-refractivity contribution in [3.63, 3.8) is 0 Å². The highest BCUT2D eigenvalue weighted by Gasteiger charge is 2.22. The Balaban J connectivity index is 2.37. The van der Waals surface area contributed by atoms with Gasteiger partial charge in [-0.25, -0.2) is 4.98 Å². The Morgan fingerprint density at radius 2 is 2.00 bits per heavy atom. The number of hydrogen-bond acceptors (Lipinski definition) is 4. The highest BCUT2D eigenvalue weighted by molar-refractivity contribution is 9.10. The molecule has 0 saturated carbocycles. The highest BCUT2D eigenvalue weighted by Crippen LogP contribution is 2.25. The first-order valence-electron chi connectivity index (χ1n) is 6.08. The van der Waals surface area contributed by atoms with Gasteiger partial charge in [0.1, 0.15) is 10.2 Å². The molecule has 0 unspecified atom stereocenters. The molecule has 1 aromatic carbocycles. The molecular weight excluding hydrogens is 338 g/mol. The minimum atomic E-state index is -0.545. The maximum Gasteiger partial charge on any atom is 0.285 e. The van der Waals surface area contributed by atoms with E-state index >= 15 is 0 Å². The first kappa shape index (κ1) is 15.1. The molecule has 0 aliphatic heterocycles. The first-order valence-corrected chi connectivity index (χ1v) is 6.88. The van der Waals surface area contributed by atoms with Crippen LogP contribution < -0.4 is 5.32 Å². The number of pyridine rings is 1. The standard InChI is InChI=1S/C14H12BrN3O3/c1-8-4-3-5-10(13(8)18(20)21)14(19)17-11-6-7-12(15)16-9(11)2/h3-7H,1-2H3,(H,17,19). The van der Waals surface area contributed by atoms with Crippen molar-refractivity contribution in [2.45, 2.75) is 13.8 Å². The lowest BCUT2D eigenvalue weighted by molar-refractivity contribution is -0.385. The fourth-order valence-electron chi connectivity index (χ4n) is 1.94. The lowest BCUT2D eigenvalue weighted by Gasteiger charge is -2.09. The summed E-state index contributed by atoms with van der Waals surface area (Å²) < 4.78 is 0.652. The van der Waals surface area contributed by atoms with Crippen molar-refractivity contribution in [3.05, 3.63) is 61.9 Å². The van der Waals surface area contributed by atoms with Gasteiger partial charge in [0, 0.05) is 5.56 Å². The molecule has 21 heavy (non-hydrogen) atoms. The fourth-order valence-corrected chi connectivity index (χ4v) is 2.33. The lowest BCUT2D eigenvalue weighted by atomic mass is 10.1. The maximum absolute atomic E-state index is 12.3. The fraction of sp³-hybridized carbons (Fsp3) is 0.143. The zero-order chi connectivity index (χ0) is 15.6. The predicted molar refractivity (Wildman–Crippen MR) is 82.5 cm³/mol. The summed E-state index contributed by atoms with van der Waals surface area (Å²) in [5, 5.41) is 13.8. The smallest absolute Gasteiger partial charge is 0.285 e. The molecule has 108 valence electrons. The van der Waals surface area contributed by atoms with Crippen LogP contribution in [-0.2, 0) is 0 Å². The van der Waals surface area contributed by atoms with Crippen LogP contribution in [0, 0.1) is 24.0 Å². The van der Waals surface area contributed by atoms with Crippen LogP contribution >= 0.6 is 15.9 Å². The predicted octanol–water partition coefficient (Wildman–Crippen LogP) is 3.62. The number of hydrogen-bond donors (Lipinski definition) is 1. The molecule has 2 rings (SSSR count). The third-order valence-electron chi connectivity index (χ3n) is 2.96. The average molecular weight is 350 g/mol. The molecule has 0 atom stereocenters. The molecule has 0 spiro atoms. The number of nitrogens with zero attached hydrogens (tertiary/aromatic N) is 2. The van der Waals surface area contributed by atoms with Gasteiger partial charge in [0.25, 0.3) is 11.6 Å². The summed E-state index contributed by atoms with van der Waals surface area (Å²) in [5.41, 5.74) is 1.42. The zero-order valence-electron chi connectivity index (χ0n) is 11.4. The van der Waals surface area contributed by atoms with Gasteiger partial charge in [-0.05, 0) is 48.0 Å². The number of nitro groups is 1. The van der Waals surface area contributed by atoms with Crippen LogP contribution in [0.2, 0.25) is 0 Å². The number of benzene rings is 1. The number of halogens is 1. The Bertz CT molecular complexity index is 731. The second-order valence-corrected chi connectivity index (χ2v) is 5.26. The number of aromatic nitrogens is 1. The van der Waals surface area contributed by atoms with Crippen LogP contribution in [-0.4, -0.2) is 15.8 Å². The Hall–Kier alpha value is -2.28. The Morgan fingerprint density at radius 1 is 1.29 bits per heavy atom. The van der Waals surface area contributed by atoms with Crippen LogP contribution in [0.3, 0.4) is 0 Å². The summed E-state index contributed by atoms with van der Waals surface area (Å²) in [6.45, 7) is 3.34. The topological polar surface area (TPSA) is 85.1 Å². The van der Waals surface area contributed by atoms with Crippen LogP contribution in [0.1, 0.15) is 21.6 Å². The highest BCUT2D eigenvalue weighted by atomic mass is 79.9. The number of carbonyl (C=O) groups excluding carboxylic acids is 1. The molecule has 1 heterocycles. The molecule has 0 fully saturated rings. The van der Waals surface area contributed by atoms with E-state index in [2.05, 4.69) is 26.2 Å². The van der Waals surface area contributed by atoms with E-state index in [1.807, 2.05) is 0 Å². The molecular formula is C14H12BrN3O3. The van der Waals surface area contributed by atoms with Crippen molar-refractivity contribution in [1.82, 2.24) is 4.98 Å². The van der Waals surface area contributed by atoms with Gasteiger partial charge in [-0.15, -0.1) is 0 Å². The Kier molecular flexibility index (Phi) is 4.32. The van der Waals surface area contributed by atoms with Gasteiger partial charge >= 0.3 is 0 Å². The average Bonchev–Trinajstić information content (AvgIpc) is 2.41. The first-order chi connectivity index (χ1) is 9.90. The van der Waals surface area contributed by atoms with Gasteiger partial charge in [-0.3, -0.25) is 14.9 Å². The molecule has 1 amide bonds. The van der Waals surface area contributed by atoms with E-state index in [4.69, 9.17) is 0 Å². The second-order valence-electron chi connectivity index (χ2n) is 4.45. The van der Waals surface area contributed by atoms with E-state index in [0.29, 0.717) is 21.5 Å².